The highest BCUT2D eigenvalue weighted by Crippen LogP contribution is 2.21. The van der Waals surface area contributed by atoms with E-state index in [1.165, 1.54) is 32.5 Å². The van der Waals surface area contributed by atoms with E-state index < -0.39 is 0 Å². The van der Waals surface area contributed by atoms with Gasteiger partial charge in [0.15, 0.2) is 0 Å². The molecule has 0 aromatic rings. The van der Waals surface area contributed by atoms with E-state index in [2.05, 4.69) is 16.8 Å². The van der Waals surface area contributed by atoms with Crippen LogP contribution in [0, 0.1) is 11.8 Å². The molecular formula is C11H22N2O. The van der Waals surface area contributed by atoms with E-state index in [9.17, 15) is 0 Å². The lowest BCUT2D eigenvalue weighted by Crippen LogP contribution is -2.51. The second kappa shape index (κ2) is 4.60. The monoisotopic (exact) mass is 198 g/mol. The second-order valence-corrected chi connectivity index (χ2v) is 5.04. The molecule has 3 nitrogen and oxygen atoms in total. The van der Waals surface area contributed by atoms with Crippen molar-refractivity contribution in [1.29, 1.82) is 0 Å². The van der Waals surface area contributed by atoms with Crippen LogP contribution in [0.1, 0.15) is 12.8 Å². The molecule has 2 rings (SSSR count). The average Bonchev–Trinajstić information content (AvgIpc) is 2.10. The molecule has 82 valence electrons. The van der Waals surface area contributed by atoms with Gasteiger partial charge in [-0.2, -0.15) is 0 Å². The van der Waals surface area contributed by atoms with Crippen molar-refractivity contribution in [2.45, 2.75) is 12.8 Å². The summed E-state index contributed by atoms with van der Waals surface area (Å²) in [6.07, 6.45) is 2.75. The number of likely N-dealkylation sites (tertiary alicyclic amines) is 2. The lowest BCUT2D eigenvalue weighted by Gasteiger charge is -2.42. The van der Waals surface area contributed by atoms with E-state index in [4.69, 9.17) is 5.11 Å². The Labute approximate surface area is 86.7 Å². The van der Waals surface area contributed by atoms with E-state index >= 15 is 0 Å². The summed E-state index contributed by atoms with van der Waals surface area (Å²) in [7, 11) is 2.22. The van der Waals surface area contributed by atoms with Crippen molar-refractivity contribution in [1.82, 2.24) is 9.80 Å². The van der Waals surface area contributed by atoms with Crippen molar-refractivity contribution in [3.63, 3.8) is 0 Å². The van der Waals surface area contributed by atoms with Gasteiger partial charge in [0, 0.05) is 38.7 Å². The fourth-order valence-corrected chi connectivity index (χ4v) is 2.73. The first kappa shape index (κ1) is 10.4. The van der Waals surface area contributed by atoms with Crippen molar-refractivity contribution < 1.29 is 5.11 Å². The maximum absolute atomic E-state index is 8.92. The van der Waals surface area contributed by atoms with Crippen molar-refractivity contribution in [3.8, 4) is 0 Å². The van der Waals surface area contributed by atoms with Crippen LogP contribution in [0.5, 0.6) is 0 Å². The minimum absolute atomic E-state index is 0.376. The van der Waals surface area contributed by atoms with Gasteiger partial charge in [0.05, 0.1) is 0 Å². The van der Waals surface area contributed by atoms with Gasteiger partial charge in [-0.05, 0) is 32.4 Å². The van der Waals surface area contributed by atoms with Gasteiger partial charge in [-0.3, -0.25) is 0 Å². The maximum atomic E-state index is 8.92. The summed E-state index contributed by atoms with van der Waals surface area (Å²) < 4.78 is 0. The summed E-state index contributed by atoms with van der Waals surface area (Å²) in [5.74, 6) is 1.43. The summed E-state index contributed by atoms with van der Waals surface area (Å²) in [6, 6.07) is 0. The average molecular weight is 198 g/mol. The zero-order chi connectivity index (χ0) is 9.97. The molecule has 1 unspecified atom stereocenters. The van der Waals surface area contributed by atoms with Gasteiger partial charge in [-0.1, -0.05) is 0 Å². The van der Waals surface area contributed by atoms with E-state index in [1.54, 1.807) is 0 Å². The normalized spacial score (nSPS) is 31.7. The van der Waals surface area contributed by atoms with Crippen LogP contribution in [0.3, 0.4) is 0 Å². The van der Waals surface area contributed by atoms with E-state index in [-0.39, 0.29) is 0 Å². The minimum atomic E-state index is 0.376. The number of piperidine rings is 1. The standard InChI is InChI=1S/C11H22N2O/c1-12-4-2-3-10(5-12)6-13-7-11(8-13)9-14/h10-11,14H,2-9H2,1H3. The van der Waals surface area contributed by atoms with Crippen molar-refractivity contribution in [2.24, 2.45) is 11.8 Å². The fraction of sp³-hybridized carbons (Fsp3) is 1.00. The van der Waals surface area contributed by atoms with Crippen LogP contribution in [0.2, 0.25) is 0 Å². The Kier molecular flexibility index (Phi) is 3.42. The van der Waals surface area contributed by atoms with Crippen LogP contribution in [-0.2, 0) is 0 Å². The molecule has 2 saturated heterocycles. The quantitative estimate of drug-likeness (QED) is 0.704. The van der Waals surface area contributed by atoms with Crippen LogP contribution >= 0.6 is 0 Å². The van der Waals surface area contributed by atoms with Gasteiger partial charge in [-0.25, -0.2) is 0 Å². The molecule has 2 fully saturated rings. The summed E-state index contributed by atoms with van der Waals surface area (Å²) in [6.45, 7) is 6.41. The molecule has 0 aliphatic carbocycles. The van der Waals surface area contributed by atoms with Gasteiger partial charge in [0.25, 0.3) is 0 Å². The predicted molar refractivity (Wildman–Crippen MR) is 57.2 cm³/mol. The smallest absolute Gasteiger partial charge is 0.0483 e. The third-order valence-electron chi connectivity index (χ3n) is 3.53. The molecule has 3 heteroatoms. The summed E-state index contributed by atoms with van der Waals surface area (Å²) in [4.78, 5) is 4.93. The fourth-order valence-electron chi connectivity index (χ4n) is 2.73. The van der Waals surface area contributed by atoms with Crippen LogP contribution < -0.4 is 0 Å². The first-order valence-corrected chi connectivity index (χ1v) is 5.79. The zero-order valence-electron chi connectivity index (χ0n) is 9.15. The van der Waals surface area contributed by atoms with E-state index in [0.717, 1.165) is 19.0 Å². The molecule has 0 bridgehead atoms. The molecule has 14 heavy (non-hydrogen) atoms. The van der Waals surface area contributed by atoms with Crippen molar-refractivity contribution in [3.05, 3.63) is 0 Å². The van der Waals surface area contributed by atoms with Crippen LogP contribution in [0.25, 0.3) is 0 Å². The summed E-state index contributed by atoms with van der Waals surface area (Å²) in [5.41, 5.74) is 0. The molecule has 0 saturated carbocycles. The van der Waals surface area contributed by atoms with Gasteiger partial charge in [-0.15, -0.1) is 0 Å². The largest absolute Gasteiger partial charge is 0.396 e. The molecular weight excluding hydrogens is 176 g/mol. The lowest BCUT2D eigenvalue weighted by molar-refractivity contribution is 0.0309. The molecule has 0 radical (unpaired) electrons. The minimum Gasteiger partial charge on any atom is -0.396 e. The number of hydrogen-bond donors (Lipinski definition) is 1. The van der Waals surface area contributed by atoms with Crippen LogP contribution in [0.4, 0.5) is 0 Å². The molecule has 2 heterocycles. The van der Waals surface area contributed by atoms with Crippen LogP contribution in [0.15, 0.2) is 0 Å². The number of aliphatic hydroxyl groups excluding tert-OH is 1. The lowest BCUT2D eigenvalue weighted by atomic mass is 9.94. The maximum Gasteiger partial charge on any atom is 0.0483 e. The second-order valence-electron chi connectivity index (χ2n) is 5.04. The molecule has 0 spiro atoms. The third kappa shape index (κ3) is 2.47. The molecule has 0 aromatic carbocycles. The Bertz CT molecular complexity index is 180. The number of aliphatic hydroxyl groups is 1. The summed E-state index contributed by atoms with van der Waals surface area (Å²) in [5, 5.41) is 8.92. The van der Waals surface area contributed by atoms with Gasteiger partial charge >= 0.3 is 0 Å². The molecule has 0 amide bonds. The topological polar surface area (TPSA) is 26.7 Å². The Morgan fingerprint density at radius 1 is 1.21 bits per heavy atom. The molecule has 1 atom stereocenters. The molecule has 0 aromatic heterocycles. The molecule has 1 N–H and O–H groups in total. The highest BCUT2D eigenvalue weighted by molar-refractivity contribution is 4.82. The van der Waals surface area contributed by atoms with Gasteiger partial charge < -0.3 is 14.9 Å². The van der Waals surface area contributed by atoms with Gasteiger partial charge in [0.2, 0.25) is 0 Å². The Balaban J connectivity index is 1.66. The number of rotatable bonds is 3. The first-order valence-electron chi connectivity index (χ1n) is 5.79. The first-order chi connectivity index (χ1) is 6.78. The summed E-state index contributed by atoms with van der Waals surface area (Å²) >= 11 is 0. The zero-order valence-corrected chi connectivity index (χ0v) is 9.15. The Hall–Kier alpha value is -0.120. The van der Waals surface area contributed by atoms with Crippen LogP contribution in [-0.4, -0.2) is 61.3 Å². The predicted octanol–water partition coefficient (Wildman–Crippen LogP) is 0.252. The Morgan fingerprint density at radius 2 is 2.00 bits per heavy atom. The highest BCUT2D eigenvalue weighted by Gasteiger charge is 2.28. The third-order valence-corrected chi connectivity index (χ3v) is 3.53. The number of hydrogen-bond acceptors (Lipinski definition) is 3. The van der Waals surface area contributed by atoms with Crippen molar-refractivity contribution >= 4 is 0 Å². The molecule has 2 aliphatic heterocycles. The van der Waals surface area contributed by atoms with Crippen molar-refractivity contribution in [2.75, 3.05) is 46.4 Å². The number of nitrogens with zero attached hydrogens (tertiary/aromatic N) is 2. The van der Waals surface area contributed by atoms with Gasteiger partial charge in [0.1, 0.15) is 0 Å². The Morgan fingerprint density at radius 3 is 2.64 bits per heavy atom. The van der Waals surface area contributed by atoms with E-state index in [0.29, 0.717) is 12.5 Å². The highest BCUT2D eigenvalue weighted by atomic mass is 16.3. The van der Waals surface area contributed by atoms with E-state index in [1.807, 2.05) is 0 Å². The molecule has 2 aliphatic rings. The SMILES string of the molecule is CN1CCCC(CN2CC(CO)C2)C1.